The van der Waals surface area contributed by atoms with Crippen molar-refractivity contribution in [2.45, 2.75) is 0 Å². The number of halogens is 1. The SMILES string of the molecule is NC(=O)COc1ccc(C=Nn2c(-c3ccccc3)nc3ccccc3c2=O)cc1Br. The van der Waals surface area contributed by atoms with Crippen molar-refractivity contribution in [3.63, 3.8) is 0 Å². The second-order valence-electron chi connectivity index (χ2n) is 6.62. The lowest BCUT2D eigenvalue weighted by molar-refractivity contribution is -0.119. The highest BCUT2D eigenvalue weighted by Gasteiger charge is 2.12. The van der Waals surface area contributed by atoms with Crippen molar-refractivity contribution < 1.29 is 9.53 Å². The molecule has 8 heteroatoms. The van der Waals surface area contributed by atoms with Gasteiger partial charge in [-0.1, -0.05) is 42.5 Å². The molecular formula is C23H17BrN4O3. The van der Waals surface area contributed by atoms with Crippen molar-refractivity contribution in [3.8, 4) is 17.1 Å². The van der Waals surface area contributed by atoms with Gasteiger partial charge in [-0.3, -0.25) is 9.59 Å². The molecule has 0 unspecified atom stereocenters. The van der Waals surface area contributed by atoms with E-state index in [2.05, 4.69) is 26.0 Å². The topological polar surface area (TPSA) is 99.6 Å². The van der Waals surface area contributed by atoms with Crippen LogP contribution in [0.5, 0.6) is 5.75 Å². The Morgan fingerprint density at radius 2 is 1.84 bits per heavy atom. The summed E-state index contributed by atoms with van der Waals surface area (Å²) in [6.45, 7) is -0.218. The number of nitrogens with zero attached hydrogens (tertiary/aromatic N) is 3. The fourth-order valence-electron chi connectivity index (χ4n) is 2.99. The van der Waals surface area contributed by atoms with Gasteiger partial charge >= 0.3 is 0 Å². The van der Waals surface area contributed by atoms with Gasteiger partial charge in [0.2, 0.25) is 0 Å². The molecule has 2 N–H and O–H groups in total. The number of aromatic nitrogens is 2. The third-order valence-corrected chi connectivity index (χ3v) is 5.05. The number of fused-ring (bicyclic) bond motifs is 1. The fourth-order valence-corrected chi connectivity index (χ4v) is 3.50. The number of rotatable bonds is 6. The maximum atomic E-state index is 13.2. The average molecular weight is 477 g/mol. The van der Waals surface area contributed by atoms with Crippen molar-refractivity contribution in [2.75, 3.05) is 6.61 Å². The molecule has 3 aromatic carbocycles. The fraction of sp³-hybridized carbons (Fsp3) is 0.0435. The summed E-state index contributed by atoms with van der Waals surface area (Å²) in [4.78, 5) is 28.7. The molecule has 4 aromatic rings. The normalized spacial score (nSPS) is 11.1. The minimum absolute atomic E-state index is 0.218. The van der Waals surface area contributed by atoms with Gasteiger partial charge in [0.05, 0.1) is 21.6 Å². The van der Waals surface area contributed by atoms with Crippen molar-refractivity contribution in [1.29, 1.82) is 0 Å². The van der Waals surface area contributed by atoms with Crippen LogP contribution in [0.3, 0.4) is 0 Å². The Labute approximate surface area is 185 Å². The van der Waals surface area contributed by atoms with E-state index in [1.165, 1.54) is 4.68 Å². The molecule has 0 saturated heterocycles. The molecule has 0 spiro atoms. The number of ether oxygens (including phenoxy) is 1. The number of nitrogens with two attached hydrogens (primary N) is 1. The van der Waals surface area contributed by atoms with E-state index in [9.17, 15) is 9.59 Å². The van der Waals surface area contributed by atoms with Gasteiger partial charge in [-0.2, -0.15) is 9.78 Å². The van der Waals surface area contributed by atoms with Gasteiger partial charge < -0.3 is 10.5 Å². The minimum atomic E-state index is -0.561. The van der Waals surface area contributed by atoms with E-state index < -0.39 is 5.91 Å². The van der Waals surface area contributed by atoms with Crippen LogP contribution in [0.1, 0.15) is 5.56 Å². The van der Waals surface area contributed by atoms with Crippen molar-refractivity contribution in [3.05, 3.63) is 93.2 Å². The predicted molar refractivity (Wildman–Crippen MR) is 123 cm³/mol. The maximum absolute atomic E-state index is 13.2. The van der Waals surface area contributed by atoms with Gasteiger partial charge in [0.15, 0.2) is 12.4 Å². The van der Waals surface area contributed by atoms with Crippen LogP contribution >= 0.6 is 15.9 Å². The van der Waals surface area contributed by atoms with Gasteiger partial charge in [0.1, 0.15) is 5.75 Å². The summed E-state index contributed by atoms with van der Waals surface area (Å²) in [5.41, 5.74) is 6.95. The summed E-state index contributed by atoms with van der Waals surface area (Å²) >= 11 is 3.40. The molecule has 31 heavy (non-hydrogen) atoms. The van der Waals surface area contributed by atoms with Gasteiger partial charge in [0.25, 0.3) is 11.5 Å². The molecule has 0 bridgehead atoms. The highest BCUT2D eigenvalue weighted by atomic mass is 79.9. The summed E-state index contributed by atoms with van der Waals surface area (Å²) in [5.74, 6) is 0.362. The Balaban J connectivity index is 1.76. The maximum Gasteiger partial charge on any atom is 0.282 e. The molecule has 1 aromatic heterocycles. The lowest BCUT2D eigenvalue weighted by Crippen LogP contribution is -2.20. The first-order valence-electron chi connectivity index (χ1n) is 9.35. The largest absolute Gasteiger partial charge is 0.483 e. The molecule has 4 rings (SSSR count). The molecule has 1 amide bonds. The summed E-state index contributed by atoms with van der Waals surface area (Å²) in [5, 5.41) is 4.91. The molecule has 0 aliphatic heterocycles. The highest BCUT2D eigenvalue weighted by Crippen LogP contribution is 2.25. The Hall–Kier alpha value is -3.78. The van der Waals surface area contributed by atoms with Crippen LogP contribution in [-0.4, -0.2) is 28.4 Å². The highest BCUT2D eigenvalue weighted by molar-refractivity contribution is 9.10. The Kier molecular flexibility index (Phi) is 5.90. The number of carbonyl (C=O) groups is 1. The zero-order chi connectivity index (χ0) is 21.8. The number of hydrogen-bond acceptors (Lipinski definition) is 5. The Morgan fingerprint density at radius 3 is 2.58 bits per heavy atom. The average Bonchev–Trinajstić information content (AvgIpc) is 2.78. The molecule has 0 aliphatic carbocycles. The van der Waals surface area contributed by atoms with Crippen LogP contribution in [0.2, 0.25) is 0 Å². The second-order valence-corrected chi connectivity index (χ2v) is 7.48. The van der Waals surface area contributed by atoms with E-state index >= 15 is 0 Å². The molecule has 1 heterocycles. The number of benzene rings is 3. The van der Waals surface area contributed by atoms with Crippen LogP contribution in [0.15, 0.2) is 87.2 Å². The van der Waals surface area contributed by atoms with Crippen LogP contribution in [0, 0.1) is 0 Å². The Morgan fingerprint density at radius 1 is 1.10 bits per heavy atom. The number of para-hydroxylation sites is 1. The van der Waals surface area contributed by atoms with Crippen LogP contribution in [0.25, 0.3) is 22.3 Å². The quantitative estimate of drug-likeness (QED) is 0.429. The third kappa shape index (κ3) is 4.54. The van der Waals surface area contributed by atoms with Gasteiger partial charge in [-0.05, 0) is 51.8 Å². The van der Waals surface area contributed by atoms with Crippen molar-refractivity contribution in [2.24, 2.45) is 10.8 Å². The first-order chi connectivity index (χ1) is 15.0. The number of carbonyl (C=O) groups excluding carboxylic acids is 1. The van der Waals surface area contributed by atoms with Crippen LogP contribution < -0.4 is 16.0 Å². The van der Waals surface area contributed by atoms with E-state index in [1.807, 2.05) is 36.4 Å². The number of amides is 1. The lowest BCUT2D eigenvalue weighted by atomic mass is 10.2. The summed E-state index contributed by atoms with van der Waals surface area (Å²) < 4.78 is 7.25. The molecule has 0 atom stereocenters. The monoisotopic (exact) mass is 476 g/mol. The van der Waals surface area contributed by atoms with E-state index in [0.29, 0.717) is 26.9 Å². The standard InChI is InChI=1S/C23H17BrN4O3/c24-18-12-15(10-11-20(18)31-14-21(25)29)13-26-28-22(16-6-2-1-3-7-16)27-19-9-5-4-8-17(19)23(28)30/h1-13H,14H2,(H2,25,29). The van der Waals surface area contributed by atoms with Crippen molar-refractivity contribution >= 4 is 39.0 Å². The summed E-state index contributed by atoms with van der Waals surface area (Å²) in [6, 6.07) is 21.8. The van der Waals surface area contributed by atoms with Crippen LogP contribution in [0.4, 0.5) is 0 Å². The zero-order valence-corrected chi connectivity index (χ0v) is 17.8. The summed E-state index contributed by atoms with van der Waals surface area (Å²) in [6.07, 6.45) is 1.56. The molecule has 0 saturated carbocycles. The van der Waals surface area contributed by atoms with Gasteiger partial charge in [-0.15, -0.1) is 0 Å². The molecular weight excluding hydrogens is 460 g/mol. The predicted octanol–water partition coefficient (Wildman–Crippen LogP) is 3.57. The number of primary amides is 1. The molecule has 154 valence electrons. The Bertz CT molecular complexity index is 1350. The van der Waals surface area contributed by atoms with Crippen LogP contribution in [-0.2, 0) is 4.79 Å². The van der Waals surface area contributed by atoms with E-state index in [0.717, 1.165) is 11.1 Å². The van der Waals surface area contributed by atoms with E-state index in [4.69, 9.17) is 10.5 Å². The number of hydrogen-bond donors (Lipinski definition) is 1. The summed E-state index contributed by atoms with van der Waals surface area (Å²) in [7, 11) is 0. The van der Waals surface area contributed by atoms with E-state index in [1.54, 1.807) is 42.6 Å². The first-order valence-corrected chi connectivity index (χ1v) is 10.1. The van der Waals surface area contributed by atoms with Crippen molar-refractivity contribution in [1.82, 2.24) is 9.66 Å². The molecule has 0 fully saturated rings. The third-order valence-electron chi connectivity index (χ3n) is 4.43. The molecule has 0 radical (unpaired) electrons. The van der Waals surface area contributed by atoms with Gasteiger partial charge in [0, 0.05) is 5.56 Å². The first kappa shape index (κ1) is 20.5. The van der Waals surface area contributed by atoms with Gasteiger partial charge in [-0.25, -0.2) is 4.98 Å². The lowest BCUT2D eigenvalue weighted by Gasteiger charge is -2.10. The zero-order valence-electron chi connectivity index (χ0n) is 16.2. The molecule has 7 nitrogen and oxygen atoms in total. The minimum Gasteiger partial charge on any atom is -0.483 e. The molecule has 0 aliphatic rings. The second kappa shape index (κ2) is 8.93. The van der Waals surface area contributed by atoms with E-state index in [-0.39, 0.29) is 12.2 Å². The smallest absolute Gasteiger partial charge is 0.282 e.